The Kier molecular flexibility index (Phi) is 5.63. The lowest BCUT2D eigenvalue weighted by atomic mass is 9.99. The van der Waals surface area contributed by atoms with Crippen molar-refractivity contribution in [2.75, 3.05) is 0 Å². The number of aromatic amines is 2. The Morgan fingerprint density at radius 1 is 0.340 bits per heavy atom. The van der Waals surface area contributed by atoms with E-state index in [0.717, 1.165) is 16.6 Å². The van der Waals surface area contributed by atoms with Crippen LogP contribution in [0, 0.1) is 0 Å². The predicted octanol–water partition coefficient (Wildman–Crippen LogP) is 12.1. The molecule has 0 unspecified atom stereocenters. The molecule has 5 aromatic carbocycles. The molecule has 0 bridgehead atoms. The first-order valence-electron chi connectivity index (χ1n) is 17.1. The van der Waals surface area contributed by atoms with Crippen LogP contribution in [0.4, 0.5) is 0 Å². The summed E-state index contributed by atoms with van der Waals surface area (Å²) in [5.74, 6) is 0. The number of benzene rings is 5. The van der Waals surface area contributed by atoms with Crippen LogP contribution < -0.4 is 0 Å². The Morgan fingerprint density at radius 3 is 1.38 bits per heavy atom. The molecule has 234 valence electrons. The van der Waals surface area contributed by atoms with E-state index in [2.05, 4.69) is 189 Å². The van der Waals surface area contributed by atoms with Crippen molar-refractivity contribution in [1.82, 2.24) is 18.8 Å². The smallest absolute Gasteiger partial charge is 0.0793 e. The molecular weight excluding hydrogens is 609 g/mol. The number of rotatable bonds is 4. The van der Waals surface area contributed by atoms with Gasteiger partial charge in [-0.25, -0.2) is 0 Å². The first-order valence-corrected chi connectivity index (χ1v) is 17.1. The Balaban J connectivity index is 1.11. The van der Waals surface area contributed by atoms with Crippen molar-refractivity contribution in [2.24, 2.45) is 0 Å². The summed E-state index contributed by atoms with van der Waals surface area (Å²) < 4.78 is 4.68. The molecule has 0 radical (unpaired) electrons. The summed E-state index contributed by atoms with van der Waals surface area (Å²) in [7, 11) is 0. The van der Waals surface area contributed by atoms with Crippen LogP contribution in [0.2, 0.25) is 0 Å². The van der Waals surface area contributed by atoms with Gasteiger partial charge in [0, 0.05) is 45.3 Å². The maximum absolute atomic E-state index is 3.83. The van der Waals surface area contributed by atoms with Gasteiger partial charge in [0.25, 0.3) is 0 Å². The number of aromatic nitrogens is 4. The molecule has 0 saturated carbocycles. The minimum Gasteiger partial charge on any atom is -0.353 e. The van der Waals surface area contributed by atoms with E-state index in [4.69, 9.17) is 0 Å². The first-order chi connectivity index (χ1) is 24.8. The van der Waals surface area contributed by atoms with E-state index in [0.29, 0.717) is 0 Å². The molecule has 0 fully saturated rings. The second kappa shape index (κ2) is 10.4. The normalized spacial score (nSPS) is 12.0. The van der Waals surface area contributed by atoms with Gasteiger partial charge >= 0.3 is 0 Å². The summed E-state index contributed by atoms with van der Waals surface area (Å²) >= 11 is 0. The van der Waals surface area contributed by atoms with Gasteiger partial charge in [-0.05, 0) is 88.0 Å². The van der Waals surface area contributed by atoms with Crippen LogP contribution >= 0.6 is 0 Å². The third kappa shape index (κ3) is 3.87. The Hall–Kier alpha value is -6.78. The van der Waals surface area contributed by atoms with Crippen molar-refractivity contribution in [2.45, 2.75) is 0 Å². The molecule has 0 amide bonds. The molecule has 6 aromatic heterocycles. The van der Waals surface area contributed by atoms with Crippen LogP contribution in [0.3, 0.4) is 0 Å². The molecule has 0 aliphatic rings. The van der Waals surface area contributed by atoms with Gasteiger partial charge in [0.1, 0.15) is 0 Å². The molecule has 0 aliphatic heterocycles. The van der Waals surface area contributed by atoms with E-state index in [1.54, 1.807) is 0 Å². The third-order valence-corrected chi connectivity index (χ3v) is 10.4. The van der Waals surface area contributed by atoms with Gasteiger partial charge in [-0.15, -0.1) is 0 Å². The van der Waals surface area contributed by atoms with Crippen molar-refractivity contribution in [3.63, 3.8) is 0 Å². The van der Waals surface area contributed by atoms with Crippen LogP contribution in [-0.4, -0.2) is 18.8 Å². The minimum absolute atomic E-state index is 1.13. The fourth-order valence-electron chi connectivity index (χ4n) is 8.19. The van der Waals surface area contributed by atoms with Crippen molar-refractivity contribution >= 4 is 54.9 Å². The lowest BCUT2D eigenvalue weighted by Gasteiger charge is -2.07. The van der Waals surface area contributed by atoms with E-state index < -0.39 is 0 Å². The number of hydrogen-bond donors (Lipinski definition) is 2. The maximum atomic E-state index is 3.83. The highest BCUT2D eigenvalue weighted by atomic mass is 14.9. The number of nitrogens with one attached hydrogen (secondary N) is 2. The Morgan fingerprint density at radius 2 is 0.800 bits per heavy atom. The standard InChI is InChI=1S/C46H30N4/c1-3-12-29(13-4-1)31-16-11-17-34(26-31)42-40-19-8-10-25-50(40)46-36-28-33(21-23-38(36)48-44(42)46)32-20-22-37-35(27-32)45-43(47-37)41(30-14-5-2-6-15-30)39-18-7-9-24-49(39)45/h1-28,47-48H. The van der Waals surface area contributed by atoms with Crippen molar-refractivity contribution < 1.29 is 0 Å². The summed E-state index contributed by atoms with van der Waals surface area (Å²) in [6.45, 7) is 0. The molecule has 2 N–H and O–H groups in total. The SMILES string of the molecule is c1ccc(-c2cccc(-c3c4[nH]c5ccc(-c6ccc7[nH]c8c(-c9ccccc9)c9ccccn9c8c7c6)cc5c4n4ccccc34)c2)cc1. The van der Waals surface area contributed by atoms with Gasteiger partial charge in [0.05, 0.1) is 33.1 Å². The summed E-state index contributed by atoms with van der Waals surface area (Å²) in [5, 5.41) is 2.43. The highest BCUT2D eigenvalue weighted by molar-refractivity contribution is 6.18. The first kappa shape index (κ1) is 27.2. The van der Waals surface area contributed by atoms with Crippen LogP contribution in [-0.2, 0) is 0 Å². The van der Waals surface area contributed by atoms with Gasteiger partial charge in [-0.3, -0.25) is 0 Å². The summed E-state index contributed by atoms with van der Waals surface area (Å²) in [5.41, 5.74) is 19.1. The zero-order valence-corrected chi connectivity index (χ0v) is 27.1. The van der Waals surface area contributed by atoms with Crippen LogP contribution in [0.5, 0.6) is 0 Å². The topological polar surface area (TPSA) is 40.4 Å². The molecule has 50 heavy (non-hydrogen) atoms. The van der Waals surface area contributed by atoms with Crippen LogP contribution in [0.1, 0.15) is 0 Å². The molecule has 4 heteroatoms. The second-order valence-electron chi connectivity index (χ2n) is 13.2. The van der Waals surface area contributed by atoms with Crippen molar-refractivity contribution in [3.05, 3.63) is 170 Å². The molecular formula is C46H30N4. The molecule has 11 rings (SSSR count). The van der Waals surface area contributed by atoms with E-state index >= 15 is 0 Å². The van der Waals surface area contributed by atoms with Gasteiger partial charge < -0.3 is 18.8 Å². The predicted molar refractivity (Wildman–Crippen MR) is 209 cm³/mol. The molecule has 11 aromatic rings. The quantitative estimate of drug-likeness (QED) is 0.193. The number of hydrogen-bond acceptors (Lipinski definition) is 0. The van der Waals surface area contributed by atoms with E-state index in [9.17, 15) is 0 Å². The van der Waals surface area contributed by atoms with Crippen molar-refractivity contribution in [1.29, 1.82) is 0 Å². The Labute approximate surface area is 287 Å². The lowest BCUT2D eigenvalue weighted by molar-refractivity contribution is 1.26. The Bertz CT molecular complexity index is 3080. The summed E-state index contributed by atoms with van der Waals surface area (Å²) in [6.07, 6.45) is 4.37. The van der Waals surface area contributed by atoms with E-state index in [1.807, 2.05) is 0 Å². The second-order valence-corrected chi connectivity index (χ2v) is 13.2. The van der Waals surface area contributed by atoms with Gasteiger partial charge in [0.2, 0.25) is 0 Å². The van der Waals surface area contributed by atoms with Crippen LogP contribution in [0.15, 0.2) is 170 Å². The fourth-order valence-corrected chi connectivity index (χ4v) is 8.19. The van der Waals surface area contributed by atoms with Gasteiger partial charge in [0.15, 0.2) is 0 Å². The number of nitrogens with zero attached hydrogens (tertiary/aromatic N) is 2. The monoisotopic (exact) mass is 638 g/mol. The van der Waals surface area contributed by atoms with E-state index in [1.165, 1.54) is 82.9 Å². The maximum Gasteiger partial charge on any atom is 0.0793 e. The average Bonchev–Trinajstić information content (AvgIpc) is 3.91. The number of pyridine rings is 2. The van der Waals surface area contributed by atoms with E-state index in [-0.39, 0.29) is 0 Å². The minimum atomic E-state index is 1.13. The molecule has 4 nitrogen and oxygen atoms in total. The zero-order valence-electron chi connectivity index (χ0n) is 27.1. The molecule has 0 saturated heterocycles. The molecule has 0 atom stereocenters. The number of H-pyrrole nitrogens is 2. The third-order valence-electron chi connectivity index (χ3n) is 10.4. The molecule has 0 spiro atoms. The summed E-state index contributed by atoms with van der Waals surface area (Å²) in [6, 6.07) is 56.8. The van der Waals surface area contributed by atoms with Crippen LogP contribution in [0.25, 0.3) is 99.4 Å². The average molecular weight is 639 g/mol. The zero-order chi connectivity index (χ0) is 32.8. The largest absolute Gasteiger partial charge is 0.353 e. The molecule has 6 heterocycles. The summed E-state index contributed by atoms with van der Waals surface area (Å²) in [4.78, 5) is 7.62. The fraction of sp³-hybridized carbons (Fsp3) is 0. The van der Waals surface area contributed by atoms with Crippen molar-refractivity contribution in [3.8, 4) is 44.5 Å². The molecule has 0 aliphatic carbocycles. The highest BCUT2D eigenvalue weighted by Gasteiger charge is 2.21. The lowest BCUT2D eigenvalue weighted by Crippen LogP contribution is -1.86. The van der Waals surface area contributed by atoms with Gasteiger partial charge in [-0.1, -0.05) is 103 Å². The number of fused-ring (bicyclic) bond motifs is 10. The van der Waals surface area contributed by atoms with Gasteiger partial charge in [-0.2, -0.15) is 0 Å². The highest BCUT2D eigenvalue weighted by Crippen LogP contribution is 2.43.